The van der Waals surface area contributed by atoms with Crippen LogP contribution in [-0.4, -0.2) is 0 Å². The normalized spacial score (nSPS) is 22.1. The van der Waals surface area contributed by atoms with E-state index in [0.29, 0.717) is 22.3 Å². The summed E-state index contributed by atoms with van der Waals surface area (Å²) in [5.41, 5.74) is 12.6. The third-order valence-electron chi connectivity index (χ3n) is 9.45. The first-order chi connectivity index (χ1) is 24.6. The van der Waals surface area contributed by atoms with E-state index in [0.717, 1.165) is 39.3 Å². The van der Waals surface area contributed by atoms with Crippen molar-refractivity contribution in [2.75, 3.05) is 4.90 Å². The molecule has 3 aliphatic carbocycles. The van der Waals surface area contributed by atoms with Gasteiger partial charge in [-0.1, -0.05) is 111 Å². The molecule has 0 radical (unpaired) electrons. The summed E-state index contributed by atoms with van der Waals surface area (Å²) < 4.78 is 65.9. The van der Waals surface area contributed by atoms with Gasteiger partial charge in [0.15, 0.2) is 0 Å². The minimum absolute atomic E-state index is 0.188. The summed E-state index contributed by atoms with van der Waals surface area (Å²) in [6, 6.07) is 42.0. The van der Waals surface area contributed by atoms with Crippen LogP contribution in [0.15, 0.2) is 127 Å². The fourth-order valence-electron chi connectivity index (χ4n) is 6.97. The molecule has 1 nitrogen and oxygen atoms in total. The zero-order valence-corrected chi connectivity index (χ0v) is 24.6. The van der Waals surface area contributed by atoms with E-state index in [-0.39, 0.29) is 5.41 Å². The maximum absolute atomic E-state index is 8.31. The van der Waals surface area contributed by atoms with Crippen molar-refractivity contribution in [2.45, 2.75) is 44.8 Å². The second-order valence-electron chi connectivity index (χ2n) is 12.3. The fourth-order valence-corrected chi connectivity index (χ4v) is 6.97. The first-order valence-electron chi connectivity index (χ1n) is 19.1. The molecule has 0 N–H and O–H groups in total. The minimum Gasteiger partial charge on any atom is -0.310 e. The molecule has 44 heavy (non-hydrogen) atoms. The minimum atomic E-state index is -2.04. The molecule has 0 atom stereocenters. The van der Waals surface area contributed by atoms with Crippen LogP contribution in [0.1, 0.15) is 58.2 Å². The van der Waals surface area contributed by atoms with Gasteiger partial charge in [0.05, 0.1) is 5.69 Å². The van der Waals surface area contributed by atoms with Crippen LogP contribution in [0.25, 0.3) is 33.4 Å². The Morgan fingerprint density at radius 3 is 1.59 bits per heavy atom. The average Bonchev–Trinajstić information content (AvgIpc) is 3.38. The van der Waals surface area contributed by atoms with Crippen LogP contribution in [0.5, 0.6) is 0 Å². The van der Waals surface area contributed by atoms with E-state index in [9.17, 15) is 0 Å². The highest BCUT2D eigenvalue weighted by atomic mass is 15.1. The largest absolute Gasteiger partial charge is 0.310 e. The van der Waals surface area contributed by atoms with Gasteiger partial charge in [-0.15, -0.1) is 0 Å². The van der Waals surface area contributed by atoms with Gasteiger partial charge < -0.3 is 4.90 Å². The molecule has 0 heterocycles. The molecule has 6 aromatic rings. The topological polar surface area (TPSA) is 3.24 Å². The summed E-state index contributed by atoms with van der Waals surface area (Å²) >= 11 is 0. The zero-order valence-electron chi connectivity index (χ0n) is 32.6. The van der Waals surface area contributed by atoms with Gasteiger partial charge >= 0.3 is 0 Å². The molecular weight excluding hydrogens is 530 g/mol. The van der Waals surface area contributed by atoms with E-state index >= 15 is 0 Å². The molecule has 0 aromatic heterocycles. The van der Waals surface area contributed by atoms with Crippen molar-refractivity contribution in [1.29, 1.82) is 0 Å². The highest BCUT2D eigenvalue weighted by Gasteiger charge is 2.37. The van der Waals surface area contributed by atoms with Gasteiger partial charge in [0.2, 0.25) is 0 Å². The van der Waals surface area contributed by atoms with Crippen molar-refractivity contribution < 1.29 is 11.0 Å². The lowest BCUT2D eigenvalue weighted by Gasteiger charge is -2.29. The predicted molar refractivity (Wildman–Crippen MR) is 184 cm³/mol. The zero-order chi connectivity index (χ0) is 36.6. The van der Waals surface area contributed by atoms with Crippen LogP contribution < -0.4 is 4.90 Å². The highest BCUT2D eigenvalue weighted by Crippen LogP contribution is 2.54. The predicted octanol–water partition coefficient (Wildman–Crippen LogP) is 11.0. The molecular formula is C43H35N. The van der Waals surface area contributed by atoms with Crippen LogP contribution in [0.2, 0.25) is 0 Å². The van der Waals surface area contributed by atoms with E-state index in [4.69, 9.17) is 11.0 Å². The number of nitrogens with zero attached hydrogens (tertiary/aromatic N) is 1. The van der Waals surface area contributed by atoms with E-state index in [1.165, 1.54) is 22.3 Å². The Morgan fingerprint density at radius 1 is 0.500 bits per heavy atom. The Labute approximate surface area is 271 Å². The molecule has 0 saturated heterocycles. The van der Waals surface area contributed by atoms with Crippen LogP contribution in [0.4, 0.5) is 17.1 Å². The van der Waals surface area contributed by atoms with Crippen molar-refractivity contribution in [3.05, 3.63) is 161 Å². The van der Waals surface area contributed by atoms with Crippen molar-refractivity contribution in [3.63, 3.8) is 0 Å². The summed E-state index contributed by atoms with van der Waals surface area (Å²) in [5, 5.41) is 0. The Balaban J connectivity index is 1.15. The quantitative estimate of drug-likeness (QED) is 0.198. The van der Waals surface area contributed by atoms with E-state index in [2.05, 4.69) is 85.5 Å². The lowest BCUT2D eigenvalue weighted by molar-refractivity contribution is 0.660. The number of fused-ring (bicyclic) bond motifs is 5. The van der Waals surface area contributed by atoms with Gasteiger partial charge in [-0.3, -0.25) is 0 Å². The second kappa shape index (κ2) is 9.56. The SMILES string of the molecule is [2H]C1([2H])c2ccc(-c3ccc(N(c4ccc(-c5ccc6c(c5)C([2H])([2H])C6([2H])[2H])cc4)c4cccc5c4-c4ccccc4C5(C)C)cc3)cc2C1([2H])[2H]. The number of aryl methyl sites for hydroxylation is 4. The molecule has 0 fully saturated rings. The van der Waals surface area contributed by atoms with Crippen LogP contribution >= 0.6 is 0 Å². The lowest BCUT2D eigenvalue weighted by atomic mass is 9.82. The molecule has 0 amide bonds. The first-order valence-corrected chi connectivity index (χ1v) is 15.1. The number of anilines is 3. The van der Waals surface area contributed by atoms with Gasteiger partial charge in [-0.2, -0.15) is 0 Å². The third-order valence-corrected chi connectivity index (χ3v) is 9.45. The van der Waals surface area contributed by atoms with Gasteiger partial charge in [0.25, 0.3) is 0 Å². The molecule has 0 spiro atoms. The molecule has 1 heteroatoms. The molecule has 0 aliphatic heterocycles. The summed E-state index contributed by atoms with van der Waals surface area (Å²) in [4.78, 5) is 2.25. The van der Waals surface area contributed by atoms with Crippen molar-refractivity contribution in [3.8, 4) is 33.4 Å². The Morgan fingerprint density at radius 2 is 1.00 bits per heavy atom. The number of rotatable bonds is 5. The first kappa shape index (κ1) is 18.7. The maximum atomic E-state index is 8.31. The third kappa shape index (κ3) is 3.85. The van der Waals surface area contributed by atoms with Crippen LogP contribution in [0, 0.1) is 0 Å². The number of benzene rings is 6. The maximum Gasteiger partial charge on any atom is 0.0543 e. The van der Waals surface area contributed by atoms with E-state index in [1.54, 1.807) is 24.3 Å². The van der Waals surface area contributed by atoms with Crippen LogP contribution in [0.3, 0.4) is 0 Å². The molecule has 3 aliphatic rings. The summed E-state index contributed by atoms with van der Waals surface area (Å²) in [6.45, 7) is 4.53. The van der Waals surface area contributed by atoms with Crippen LogP contribution in [-0.2, 0) is 30.9 Å². The second-order valence-corrected chi connectivity index (χ2v) is 12.3. The van der Waals surface area contributed by atoms with Gasteiger partial charge in [-0.05, 0) is 117 Å². The monoisotopic (exact) mass is 573 g/mol. The van der Waals surface area contributed by atoms with Gasteiger partial charge in [0, 0.05) is 33.3 Å². The van der Waals surface area contributed by atoms with Crippen molar-refractivity contribution >= 4 is 17.1 Å². The highest BCUT2D eigenvalue weighted by molar-refractivity contribution is 5.95. The average molecular weight is 574 g/mol. The molecule has 0 bridgehead atoms. The smallest absolute Gasteiger partial charge is 0.0543 e. The van der Waals surface area contributed by atoms with Crippen molar-refractivity contribution in [1.82, 2.24) is 0 Å². The Bertz CT molecular complexity index is 2330. The number of hydrogen-bond acceptors (Lipinski definition) is 1. The molecule has 212 valence electrons. The summed E-state index contributed by atoms with van der Waals surface area (Å²) in [7, 11) is 0. The van der Waals surface area contributed by atoms with Crippen molar-refractivity contribution in [2.24, 2.45) is 0 Å². The molecule has 9 rings (SSSR count). The molecule has 6 aromatic carbocycles. The standard InChI is InChI=1S/C43H35N/c1-43(2)39-7-4-3-6-38(39)42-40(43)8-5-9-41(42)44(36-22-18-30(19-23-36)34-16-12-28-10-14-32(28)26-34)37-24-20-31(21-25-37)35-17-13-29-11-15-33(29)27-35/h3-9,12-13,16-27H,10-11,14-15H2,1-2H3/i10D2,11D2,14D2,15D2. The summed E-state index contributed by atoms with van der Waals surface area (Å²) in [5.74, 6) is 0. The summed E-state index contributed by atoms with van der Waals surface area (Å²) in [6.07, 6.45) is -8.10. The number of hydrogen-bond donors (Lipinski definition) is 0. The van der Waals surface area contributed by atoms with Gasteiger partial charge in [-0.25, -0.2) is 0 Å². The molecule has 0 saturated carbocycles. The Kier molecular flexibility index (Phi) is 4.07. The van der Waals surface area contributed by atoms with Gasteiger partial charge in [0.1, 0.15) is 0 Å². The van der Waals surface area contributed by atoms with E-state index < -0.39 is 25.5 Å². The Hall–Kier alpha value is -4.88. The van der Waals surface area contributed by atoms with E-state index in [1.807, 2.05) is 36.4 Å². The lowest BCUT2D eigenvalue weighted by Crippen LogP contribution is -2.16. The fraction of sp³-hybridized carbons (Fsp3) is 0.163. The molecule has 0 unspecified atom stereocenters.